The normalized spacial score (nSPS) is 41.7. The molecule has 2 heteroatoms. The topological polar surface area (TPSA) is 24.1 Å². The van der Waals surface area contributed by atoms with Gasteiger partial charge in [-0.2, -0.15) is 0 Å². The fraction of sp³-hybridized carbons (Fsp3) is 1.00. The lowest BCUT2D eigenvalue weighted by atomic mass is 9.80. The highest BCUT2D eigenvalue weighted by molar-refractivity contribution is 5.06. The summed E-state index contributed by atoms with van der Waals surface area (Å²) in [4.78, 5) is 0. The molecule has 2 saturated heterocycles. The van der Waals surface area contributed by atoms with Crippen LogP contribution in [-0.4, -0.2) is 25.7 Å². The summed E-state index contributed by atoms with van der Waals surface area (Å²) in [6.45, 7) is 5.25. The zero-order valence-corrected chi connectivity index (χ0v) is 7.15. The van der Waals surface area contributed by atoms with E-state index in [-0.39, 0.29) is 0 Å². The fourth-order valence-electron chi connectivity index (χ4n) is 1.91. The Morgan fingerprint density at radius 3 is 2.30 bits per heavy atom. The number of rotatable bonds is 1. The van der Waals surface area contributed by atoms with E-state index in [1.54, 1.807) is 0 Å². The lowest BCUT2D eigenvalue weighted by Crippen LogP contribution is -2.50. The van der Waals surface area contributed by atoms with Gasteiger partial charge in [-0.15, -0.1) is 0 Å². The summed E-state index contributed by atoms with van der Waals surface area (Å²) in [6, 6.07) is 1.61. The minimum atomic E-state index is 0.801. The maximum absolute atomic E-state index is 3.43. The van der Waals surface area contributed by atoms with Gasteiger partial charge in [-0.25, -0.2) is 0 Å². The summed E-state index contributed by atoms with van der Waals surface area (Å²) in [7, 11) is 2.05. The monoisotopic (exact) mass is 142 g/mol. The molecule has 2 N–H and O–H groups in total. The molecular formula is C8H18N2. The minimum Gasteiger partial charge on any atom is -0.315 e. The van der Waals surface area contributed by atoms with E-state index < -0.39 is 0 Å². The van der Waals surface area contributed by atoms with Gasteiger partial charge in [-0.3, -0.25) is 0 Å². The highest BCUT2D eigenvalue weighted by atomic mass is 15.1. The molecule has 0 aromatic rings. The lowest BCUT2D eigenvalue weighted by molar-refractivity contribution is 0.262. The molecule has 0 amide bonds. The molecule has 0 spiro atoms. The predicted molar refractivity (Wildman–Crippen MR) is 44.1 cm³/mol. The molecule has 0 aromatic carbocycles. The van der Waals surface area contributed by atoms with Crippen molar-refractivity contribution in [1.29, 1.82) is 0 Å². The summed E-state index contributed by atoms with van der Waals surface area (Å²) < 4.78 is 0. The molecule has 2 nitrogen and oxygen atoms in total. The third kappa shape index (κ3) is 1.06. The number of hydrogen-bond donors (Lipinski definition) is 2. The molecule has 3 unspecified atom stereocenters. The lowest BCUT2D eigenvalue weighted by Gasteiger charge is -2.33. The molecule has 1 saturated carbocycles. The van der Waals surface area contributed by atoms with Crippen LogP contribution in [0.3, 0.4) is 0 Å². The molecule has 2 heterocycles. The van der Waals surface area contributed by atoms with Crippen molar-refractivity contribution in [2.24, 2.45) is 5.92 Å². The van der Waals surface area contributed by atoms with E-state index in [1.807, 2.05) is 13.8 Å². The molecule has 1 aliphatic carbocycles. The Bertz CT molecular complexity index is 89.4. The van der Waals surface area contributed by atoms with Gasteiger partial charge < -0.3 is 10.6 Å². The van der Waals surface area contributed by atoms with E-state index in [4.69, 9.17) is 0 Å². The Labute approximate surface area is 63.4 Å². The van der Waals surface area contributed by atoms with Crippen molar-refractivity contribution < 1.29 is 0 Å². The van der Waals surface area contributed by atoms with Crippen LogP contribution in [0.1, 0.15) is 20.3 Å². The Morgan fingerprint density at radius 2 is 2.10 bits per heavy atom. The van der Waals surface area contributed by atoms with Gasteiger partial charge in [0.25, 0.3) is 0 Å². The van der Waals surface area contributed by atoms with Gasteiger partial charge >= 0.3 is 0 Å². The van der Waals surface area contributed by atoms with Crippen molar-refractivity contribution in [1.82, 2.24) is 10.6 Å². The van der Waals surface area contributed by atoms with Crippen molar-refractivity contribution in [3.8, 4) is 0 Å². The van der Waals surface area contributed by atoms with Crippen LogP contribution in [0.25, 0.3) is 0 Å². The first-order valence-electron chi connectivity index (χ1n) is 4.32. The summed E-state index contributed by atoms with van der Waals surface area (Å²) in [5, 5.41) is 6.73. The molecule has 3 rings (SSSR count). The second-order valence-electron chi connectivity index (χ2n) is 2.82. The van der Waals surface area contributed by atoms with Crippen molar-refractivity contribution >= 4 is 0 Å². The van der Waals surface area contributed by atoms with Gasteiger partial charge in [-0.1, -0.05) is 13.8 Å². The van der Waals surface area contributed by atoms with Crippen LogP contribution in [0.2, 0.25) is 0 Å². The minimum absolute atomic E-state index is 0.801. The zero-order chi connectivity index (χ0) is 7.56. The fourth-order valence-corrected chi connectivity index (χ4v) is 1.91. The van der Waals surface area contributed by atoms with Crippen molar-refractivity contribution in [3.63, 3.8) is 0 Å². The first kappa shape index (κ1) is 8.02. The first-order valence-corrected chi connectivity index (χ1v) is 4.32. The van der Waals surface area contributed by atoms with Gasteiger partial charge in [0.05, 0.1) is 0 Å². The molecule has 0 aromatic heterocycles. The van der Waals surface area contributed by atoms with E-state index in [0.717, 1.165) is 18.0 Å². The smallest absolute Gasteiger partial charge is 0.0259 e. The van der Waals surface area contributed by atoms with Crippen LogP contribution in [0, 0.1) is 5.92 Å². The summed E-state index contributed by atoms with van der Waals surface area (Å²) in [6.07, 6.45) is 1.41. The van der Waals surface area contributed by atoms with Gasteiger partial charge in [0.15, 0.2) is 0 Å². The van der Waals surface area contributed by atoms with Crippen molar-refractivity contribution in [2.75, 3.05) is 13.6 Å². The largest absolute Gasteiger partial charge is 0.315 e. The van der Waals surface area contributed by atoms with E-state index >= 15 is 0 Å². The van der Waals surface area contributed by atoms with Crippen LogP contribution in [0.15, 0.2) is 0 Å². The Kier molecular flexibility index (Phi) is 2.69. The summed E-state index contributed by atoms with van der Waals surface area (Å²) in [5.74, 6) is 0.949. The quantitative estimate of drug-likeness (QED) is 0.560. The maximum Gasteiger partial charge on any atom is 0.0259 e. The number of hydrogen-bond acceptors (Lipinski definition) is 2. The number of likely N-dealkylation sites (N-methyl/N-ethyl adjacent to an activating group) is 1. The average Bonchev–Trinajstić information content (AvgIpc) is 2.51. The van der Waals surface area contributed by atoms with E-state index in [2.05, 4.69) is 17.7 Å². The van der Waals surface area contributed by atoms with E-state index in [0.29, 0.717) is 0 Å². The molecule has 10 heavy (non-hydrogen) atoms. The van der Waals surface area contributed by atoms with Gasteiger partial charge in [0.2, 0.25) is 0 Å². The van der Waals surface area contributed by atoms with Crippen LogP contribution in [0.5, 0.6) is 0 Å². The molecule has 2 bridgehead atoms. The second kappa shape index (κ2) is 3.35. The number of fused-ring (bicyclic) bond motifs is 1. The zero-order valence-electron chi connectivity index (χ0n) is 7.15. The molecule has 0 radical (unpaired) electrons. The molecular weight excluding hydrogens is 124 g/mol. The second-order valence-corrected chi connectivity index (χ2v) is 2.82. The van der Waals surface area contributed by atoms with Crippen LogP contribution < -0.4 is 10.6 Å². The Balaban J connectivity index is 0.000000231. The predicted octanol–water partition coefficient (Wildman–Crippen LogP) is 0.592. The highest BCUT2D eigenvalue weighted by Crippen LogP contribution is 2.33. The van der Waals surface area contributed by atoms with Crippen molar-refractivity contribution in [3.05, 3.63) is 0 Å². The average molecular weight is 142 g/mol. The molecule has 60 valence electrons. The van der Waals surface area contributed by atoms with Crippen LogP contribution in [0.4, 0.5) is 0 Å². The van der Waals surface area contributed by atoms with Gasteiger partial charge in [0.1, 0.15) is 0 Å². The van der Waals surface area contributed by atoms with Gasteiger partial charge in [0, 0.05) is 12.1 Å². The van der Waals surface area contributed by atoms with E-state index in [9.17, 15) is 0 Å². The third-order valence-electron chi connectivity index (χ3n) is 2.47. The van der Waals surface area contributed by atoms with Crippen molar-refractivity contribution in [2.45, 2.75) is 32.4 Å². The molecule has 3 atom stereocenters. The molecule has 3 aliphatic rings. The first-order chi connectivity index (χ1) is 4.92. The molecule has 3 fully saturated rings. The number of nitrogens with one attached hydrogen (secondary N) is 2. The Hall–Kier alpha value is -0.0800. The Morgan fingerprint density at radius 1 is 1.40 bits per heavy atom. The third-order valence-corrected chi connectivity index (χ3v) is 2.47. The van der Waals surface area contributed by atoms with Crippen LogP contribution in [-0.2, 0) is 0 Å². The maximum atomic E-state index is 3.43. The van der Waals surface area contributed by atoms with Gasteiger partial charge in [-0.05, 0) is 25.9 Å². The SMILES string of the molecule is CC.CNC1C2CNC1C2. The summed E-state index contributed by atoms with van der Waals surface area (Å²) in [5.41, 5.74) is 0. The molecule has 2 aliphatic heterocycles. The van der Waals surface area contributed by atoms with E-state index in [1.165, 1.54) is 13.0 Å². The highest BCUT2D eigenvalue weighted by Gasteiger charge is 2.45. The van der Waals surface area contributed by atoms with Crippen LogP contribution >= 0.6 is 0 Å². The standard InChI is InChI=1S/C6H12N2.C2H6/c1-7-6-4-2-5(6)8-3-4;1-2/h4-8H,2-3H2,1H3;1-2H3. The summed E-state index contributed by atoms with van der Waals surface area (Å²) >= 11 is 0.